The molecule has 1 aromatic rings. The molecule has 0 aliphatic carbocycles. The molecule has 3 rings (SSSR count). The van der Waals surface area contributed by atoms with Gasteiger partial charge in [-0.05, 0) is 31.4 Å². The maximum absolute atomic E-state index is 12.5. The molecule has 176 valence electrons. The summed E-state index contributed by atoms with van der Waals surface area (Å²) in [4.78, 5) is 24.2. The van der Waals surface area contributed by atoms with Gasteiger partial charge in [0.05, 0.1) is 26.0 Å². The lowest BCUT2D eigenvalue weighted by Gasteiger charge is -2.37. The van der Waals surface area contributed by atoms with Crippen LogP contribution in [0.5, 0.6) is 0 Å². The number of aliphatic imine (C=N–C) groups is 1. The molecule has 0 radical (unpaired) electrons. The number of guanidine groups is 1. The van der Waals surface area contributed by atoms with Crippen LogP contribution in [-0.4, -0.2) is 98.2 Å². The van der Waals surface area contributed by atoms with E-state index < -0.39 is 0 Å². The van der Waals surface area contributed by atoms with Crippen LogP contribution in [-0.2, 0) is 4.74 Å². The molecule has 1 amide bonds. The molecule has 0 aromatic carbocycles. The molecular formula is C22H38IN5O3. The monoisotopic (exact) mass is 547 g/mol. The Bertz CT molecular complexity index is 669. The average Bonchev–Trinajstić information content (AvgIpc) is 3.30. The van der Waals surface area contributed by atoms with Crippen molar-refractivity contribution < 1.29 is 13.9 Å². The number of morpholine rings is 1. The lowest BCUT2D eigenvalue weighted by molar-refractivity contribution is 0.0142. The van der Waals surface area contributed by atoms with Gasteiger partial charge in [-0.25, -0.2) is 0 Å². The minimum absolute atomic E-state index is 0. The second kappa shape index (κ2) is 13.3. The normalized spacial score (nSPS) is 19.3. The third-order valence-electron chi connectivity index (χ3n) is 5.69. The summed E-state index contributed by atoms with van der Waals surface area (Å²) in [6, 6.07) is 3.91. The van der Waals surface area contributed by atoms with Gasteiger partial charge in [-0.15, -0.1) is 24.0 Å². The topological polar surface area (TPSA) is 73.6 Å². The number of nitrogens with one attached hydrogen (secondary N) is 1. The summed E-state index contributed by atoms with van der Waals surface area (Å²) in [6.07, 6.45) is 2.68. The Morgan fingerprint density at radius 2 is 1.81 bits per heavy atom. The van der Waals surface area contributed by atoms with Crippen LogP contribution in [0.2, 0.25) is 0 Å². The van der Waals surface area contributed by atoms with Gasteiger partial charge in [-0.2, -0.15) is 0 Å². The fraction of sp³-hybridized carbons (Fsp3) is 0.727. The van der Waals surface area contributed by atoms with Gasteiger partial charge in [-0.1, -0.05) is 13.8 Å². The Kier molecular flexibility index (Phi) is 11.1. The summed E-state index contributed by atoms with van der Waals surface area (Å²) in [7, 11) is 0. The molecule has 1 aromatic heterocycles. The summed E-state index contributed by atoms with van der Waals surface area (Å²) in [6.45, 7) is 14.7. The first-order valence-electron chi connectivity index (χ1n) is 11.3. The van der Waals surface area contributed by atoms with Crippen molar-refractivity contribution in [3.05, 3.63) is 24.2 Å². The van der Waals surface area contributed by atoms with E-state index in [1.807, 2.05) is 4.90 Å². The van der Waals surface area contributed by atoms with Crippen LogP contribution < -0.4 is 5.32 Å². The number of furan rings is 1. The number of hydrogen-bond acceptors (Lipinski definition) is 5. The van der Waals surface area contributed by atoms with E-state index in [9.17, 15) is 4.79 Å². The van der Waals surface area contributed by atoms with Gasteiger partial charge in [-0.3, -0.25) is 14.7 Å². The van der Waals surface area contributed by atoms with Gasteiger partial charge >= 0.3 is 0 Å². The predicted molar refractivity (Wildman–Crippen MR) is 133 cm³/mol. The fourth-order valence-corrected chi connectivity index (χ4v) is 4.12. The third-order valence-corrected chi connectivity index (χ3v) is 5.69. The minimum Gasteiger partial charge on any atom is -0.459 e. The second-order valence-electron chi connectivity index (χ2n) is 8.38. The van der Waals surface area contributed by atoms with E-state index in [-0.39, 0.29) is 29.9 Å². The highest BCUT2D eigenvalue weighted by Gasteiger charge is 2.26. The molecule has 0 saturated carbocycles. The minimum atomic E-state index is -0.0362. The van der Waals surface area contributed by atoms with E-state index in [0.29, 0.717) is 30.8 Å². The lowest BCUT2D eigenvalue weighted by atomic mass is 10.0. The molecule has 0 bridgehead atoms. The highest BCUT2D eigenvalue weighted by molar-refractivity contribution is 14.0. The standard InChI is InChI=1S/C22H37N5O3.HI/c1-4-23-22(24-17-19(16-18(2)3)25-11-14-29-15-12-25)27-9-7-26(8-10-27)21(28)20-6-5-13-30-20;/h5-6,13,18-19H,4,7-12,14-17H2,1-3H3,(H,23,24);1H. The molecule has 8 nitrogen and oxygen atoms in total. The average molecular weight is 547 g/mol. The van der Waals surface area contributed by atoms with Gasteiger partial charge in [0.1, 0.15) is 0 Å². The number of carbonyl (C=O) groups is 1. The van der Waals surface area contributed by atoms with Gasteiger partial charge in [0.2, 0.25) is 0 Å². The van der Waals surface area contributed by atoms with E-state index in [0.717, 1.165) is 64.9 Å². The van der Waals surface area contributed by atoms with Gasteiger partial charge < -0.3 is 24.3 Å². The number of amides is 1. The summed E-state index contributed by atoms with van der Waals surface area (Å²) in [5.74, 6) is 1.95. The smallest absolute Gasteiger partial charge is 0.289 e. The van der Waals surface area contributed by atoms with Crippen molar-refractivity contribution in [1.82, 2.24) is 20.0 Å². The molecule has 9 heteroatoms. The van der Waals surface area contributed by atoms with Crippen molar-refractivity contribution in [2.24, 2.45) is 10.9 Å². The SMILES string of the molecule is CCNC(=NCC(CC(C)C)N1CCOCC1)N1CCN(C(=O)c2ccco2)CC1.I. The molecule has 3 heterocycles. The third kappa shape index (κ3) is 7.64. The van der Waals surface area contributed by atoms with Crippen molar-refractivity contribution in [2.45, 2.75) is 33.2 Å². The second-order valence-corrected chi connectivity index (χ2v) is 8.38. The summed E-state index contributed by atoms with van der Waals surface area (Å²) in [5.41, 5.74) is 0. The number of halogens is 1. The van der Waals surface area contributed by atoms with E-state index in [1.165, 1.54) is 0 Å². The van der Waals surface area contributed by atoms with E-state index in [2.05, 4.69) is 35.9 Å². The first kappa shape index (κ1) is 25.9. The van der Waals surface area contributed by atoms with Gasteiger partial charge in [0, 0.05) is 51.9 Å². The first-order valence-corrected chi connectivity index (χ1v) is 11.3. The molecule has 2 saturated heterocycles. The molecule has 1 unspecified atom stereocenters. The maximum atomic E-state index is 12.5. The molecule has 31 heavy (non-hydrogen) atoms. The molecule has 0 spiro atoms. The number of carbonyl (C=O) groups excluding carboxylic acids is 1. The van der Waals surface area contributed by atoms with Crippen LogP contribution in [0.25, 0.3) is 0 Å². The number of ether oxygens (including phenoxy) is 1. The van der Waals surface area contributed by atoms with Crippen molar-refractivity contribution in [2.75, 3.05) is 65.6 Å². The first-order chi connectivity index (χ1) is 14.6. The van der Waals surface area contributed by atoms with Crippen LogP contribution in [0.3, 0.4) is 0 Å². The van der Waals surface area contributed by atoms with E-state index >= 15 is 0 Å². The molecule has 2 fully saturated rings. The quantitative estimate of drug-likeness (QED) is 0.321. The number of hydrogen-bond donors (Lipinski definition) is 1. The summed E-state index contributed by atoms with van der Waals surface area (Å²) < 4.78 is 10.8. The highest BCUT2D eigenvalue weighted by Crippen LogP contribution is 2.15. The zero-order valence-electron chi connectivity index (χ0n) is 19.1. The van der Waals surface area contributed by atoms with E-state index in [4.69, 9.17) is 14.1 Å². The van der Waals surface area contributed by atoms with Crippen molar-refractivity contribution in [1.29, 1.82) is 0 Å². The molecular weight excluding hydrogens is 509 g/mol. The molecule has 2 aliphatic rings. The largest absolute Gasteiger partial charge is 0.459 e. The Balaban J connectivity index is 0.00000341. The Hall–Kier alpha value is -1.33. The fourth-order valence-electron chi connectivity index (χ4n) is 4.12. The Morgan fingerprint density at radius 1 is 1.13 bits per heavy atom. The predicted octanol–water partition coefficient (Wildman–Crippen LogP) is 2.37. The number of piperazine rings is 1. The Labute approximate surface area is 203 Å². The zero-order chi connectivity index (χ0) is 21.3. The highest BCUT2D eigenvalue weighted by atomic mass is 127. The van der Waals surface area contributed by atoms with Crippen LogP contribution in [0.4, 0.5) is 0 Å². The van der Waals surface area contributed by atoms with Gasteiger partial charge in [0.25, 0.3) is 5.91 Å². The maximum Gasteiger partial charge on any atom is 0.289 e. The molecule has 2 aliphatic heterocycles. The zero-order valence-corrected chi connectivity index (χ0v) is 21.4. The Morgan fingerprint density at radius 3 is 2.39 bits per heavy atom. The van der Waals surface area contributed by atoms with E-state index in [1.54, 1.807) is 18.4 Å². The number of nitrogens with zero attached hydrogens (tertiary/aromatic N) is 4. The molecule has 1 atom stereocenters. The molecule has 1 N–H and O–H groups in total. The van der Waals surface area contributed by atoms with Gasteiger partial charge in [0.15, 0.2) is 11.7 Å². The van der Waals surface area contributed by atoms with Crippen molar-refractivity contribution >= 4 is 35.8 Å². The summed E-state index contributed by atoms with van der Waals surface area (Å²) >= 11 is 0. The van der Waals surface area contributed by atoms with Crippen LogP contribution in [0, 0.1) is 5.92 Å². The van der Waals surface area contributed by atoms with Crippen molar-refractivity contribution in [3.8, 4) is 0 Å². The van der Waals surface area contributed by atoms with Crippen molar-refractivity contribution in [3.63, 3.8) is 0 Å². The van der Waals surface area contributed by atoms with Crippen LogP contribution >= 0.6 is 24.0 Å². The number of rotatable bonds is 7. The van der Waals surface area contributed by atoms with Crippen LogP contribution in [0.15, 0.2) is 27.8 Å². The summed E-state index contributed by atoms with van der Waals surface area (Å²) in [5, 5.41) is 3.45. The lowest BCUT2D eigenvalue weighted by Crippen LogP contribution is -2.54. The van der Waals surface area contributed by atoms with Crippen LogP contribution in [0.1, 0.15) is 37.7 Å².